The predicted molar refractivity (Wildman–Crippen MR) is 253 cm³/mol. The van der Waals surface area contributed by atoms with E-state index in [1.54, 1.807) is 30.4 Å². The summed E-state index contributed by atoms with van der Waals surface area (Å²) in [6.07, 6.45) is 7.36. The summed E-state index contributed by atoms with van der Waals surface area (Å²) in [4.78, 5) is 84.5. The Kier molecular flexibility index (Phi) is 16.2. The van der Waals surface area contributed by atoms with Gasteiger partial charge in [0.1, 0.15) is 18.2 Å². The number of anilines is 1. The van der Waals surface area contributed by atoms with Gasteiger partial charge in [0.2, 0.25) is 29.5 Å². The number of nitrogens with one attached hydrogen (secondary N) is 4. The molecule has 1 aromatic carbocycles. The zero-order valence-electron chi connectivity index (χ0n) is 40.5. The third-order valence-electron chi connectivity index (χ3n) is 15.3. The molecule has 5 amide bonds. The van der Waals surface area contributed by atoms with E-state index in [1.165, 1.54) is 12.4 Å². The van der Waals surface area contributed by atoms with Crippen molar-refractivity contribution in [2.45, 2.75) is 152 Å². The molecule has 2 aliphatic heterocycles. The highest BCUT2D eigenvalue weighted by molar-refractivity contribution is 5.93. The highest BCUT2D eigenvalue weighted by Crippen LogP contribution is 2.38. The molecule has 3 aromatic rings. The lowest BCUT2D eigenvalue weighted by molar-refractivity contribution is -0.137. The maximum absolute atomic E-state index is 14.0. The molecular formula is C50H67F3N10O7. The van der Waals surface area contributed by atoms with Crippen LogP contribution in [-0.4, -0.2) is 148 Å². The van der Waals surface area contributed by atoms with E-state index in [4.69, 9.17) is 9.47 Å². The Balaban J connectivity index is 0.737. The number of benzene rings is 1. The minimum Gasteiger partial charge on any atom is -0.378 e. The van der Waals surface area contributed by atoms with Crippen LogP contribution in [-0.2, 0) is 39.6 Å². The molecule has 6 atom stereocenters. The molecule has 0 spiro atoms. The van der Waals surface area contributed by atoms with Crippen LogP contribution in [0.5, 0.6) is 0 Å². The van der Waals surface area contributed by atoms with Crippen molar-refractivity contribution in [1.82, 2.24) is 45.6 Å². The molecule has 4 heterocycles. The monoisotopic (exact) mass is 977 g/mol. The molecule has 380 valence electrons. The van der Waals surface area contributed by atoms with E-state index in [0.29, 0.717) is 63.9 Å². The van der Waals surface area contributed by atoms with Crippen molar-refractivity contribution in [2.24, 2.45) is 11.8 Å². The number of aromatic nitrogens is 3. The number of hydrogen-bond acceptors (Lipinski definition) is 12. The summed E-state index contributed by atoms with van der Waals surface area (Å²) in [6, 6.07) is 5.68. The van der Waals surface area contributed by atoms with E-state index in [0.717, 1.165) is 49.8 Å². The molecule has 3 saturated carbocycles. The van der Waals surface area contributed by atoms with Gasteiger partial charge < -0.3 is 45.4 Å². The van der Waals surface area contributed by atoms with Crippen LogP contribution in [0.15, 0.2) is 49.1 Å². The summed E-state index contributed by atoms with van der Waals surface area (Å²) in [5.74, 6) is -1.26. The summed E-state index contributed by atoms with van der Waals surface area (Å²) in [5, 5.41) is 12.6. The molecule has 17 nitrogen and oxygen atoms in total. The number of fused-ring (bicyclic) bond motifs is 1. The van der Waals surface area contributed by atoms with Gasteiger partial charge >= 0.3 is 6.18 Å². The van der Waals surface area contributed by atoms with Gasteiger partial charge in [-0.2, -0.15) is 13.2 Å². The molecule has 2 saturated heterocycles. The number of ether oxygens (including phenoxy) is 2. The number of halogens is 3. The van der Waals surface area contributed by atoms with Crippen LogP contribution in [0.25, 0.3) is 10.9 Å². The molecule has 0 unspecified atom stereocenters. The zero-order chi connectivity index (χ0) is 49.7. The topological polar surface area (TPSA) is 200 Å². The summed E-state index contributed by atoms with van der Waals surface area (Å²) in [7, 11) is 3.79. The van der Waals surface area contributed by atoms with Gasteiger partial charge in [-0.25, -0.2) is 9.97 Å². The van der Waals surface area contributed by atoms with Crippen molar-refractivity contribution < 1.29 is 46.6 Å². The molecule has 8 rings (SSSR count). The summed E-state index contributed by atoms with van der Waals surface area (Å²) >= 11 is 0. The van der Waals surface area contributed by atoms with Gasteiger partial charge in [0.25, 0.3) is 0 Å². The smallest absolute Gasteiger partial charge is 0.378 e. The van der Waals surface area contributed by atoms with Crippen LogP contribution >= 0.6 is 0 Å². The van der Waals surface area contributed by atoms with Gasteiger partial charge in [-0.05, 0) is 115 Å². The van der Waals surface area contributed by atoms with Crippen LogP contribution in [0, 0.1) is 11.8 Å². The Labute approximate surface area is 406 Å². The van der Waals surface area contributed by atoms with Gasteiger partial charge in [0.15, 0.2) is 0 Å². The fraction of sp³-hybridized carbons (Fsp3) is 0.640. The van der Waals surface area contributed by atoms with E-state index < -0.39 is 23.7 Å². The van der Waals surface area contributed by atoms with Crippen molar-refractivity contribution in [3.05, 3.63) is 60.2 Å². The molecule has 0 bridgehead atoms. The van der Waals surface area contributed by atoms with E-state index >= 15 is 0 Å². The van der Waals surface area contributed by atoms with E-state index in [9.17, 15) is 37.1 Å². The molecule has 4 N–H and O–H groups in total. The lowest BCUT2D eigenvalue weighted by atomic mass is 9.78. The molecule has 2 aromatic heterocycles. The number of rotatable bonds is 18. The highest BCUT2D eigenvalue weighted by atomic mass is 19.4. The van der Waals surface area contributed by atoms with E-state index in [1.807, 2.05) is 11.0 Å². The number of amides is 5. The van der Waals surface area contributed by atoms with Crippen molar-refractivity contribution in [3.8, 4) is 0 Å². The van der Waals surface area contributed by atoms with Crippen molar-refractivity contribution in [2.75, 3.05) is 45.7 Å². The second-order valence-electron chi connectivity index (χ2n) is 20.0. The van der Waals surface area contributed by atoms with Gasteiger partial charge in [0, 0.05) is 74.8 Å². The lowest BCUT2D eigenvalue weighted by Gasteiger charge is -2.45. The van der Waals surface area contributed by atoms with Crippen LogP contribution in [0.4, 0.5) is 19.0 Å². The lowest BCUT2D eigenvalue weighted by Crippen LogP contribution is -2.60. The molecule has 20 heteroatoms. The summed E-state index contributed by atoms with van der Waals surface area (Å²) in [6.45, 7) is 5.68. The molecule has 70 heavy (non-hydrogen) atoms. The average molecular weight is 977 g/mol. The minimum absolute atomic E-state index is 0.0286. The normalized spacial score (nSPS) is 28.3. The Hall–Kier alpha value is -5.47. The first-order valence-electron chi connectivity index (χ1n) is 24.9. The van der Waals surface area contributed by atoms with Gasteiger partial charge in [0.05, 0.1) is 60.5 Å². The quantitative estimate of drug-likeness (QED) is 0.128. The summed E-state index contributed by atoms with van der Waals surface area (Å²) in [5.41, 5.74) is 0.333. The van der Waals surface area contributed by atoms with Gasteiger partial charge in [-0.15, -0.1) is 0 Å². The fourth-order valence-corrected chi connectivity index (χ4v) is 11.0. The third kappa shape index (κ3) is 12.0. The maximum Gasteiger partial charge on any atom is 0.416 e. The number of carbonyl (C=O) groups excluding carboxylic acids is 5. The molecule has 5 aliphatic rings. The second kappa shape index (κ2) is 22.3. The van der Waals surface area contributed by atoms with E-state index in [2.05, 4.69) is 62.0 Å². The predicted octanol–water partition coefficient (Wildman–Crippen LogP) is 4.77. The Morgan fingerprint density at radius 2 is 1.66 bits per heavy atom. The molecule has 5 fully saturated rings. The highest BCUT2D eigenvalue weighted by Gasteiger charge is 2.46. The molecule has 3 aliphatic carbocycles. The molecule has 0 radical (unpaired) electrons. The van der Waals surface area contributed by atoms with Crippen LogP contribution in [0.3, 0.4) is 0 Å². The van der Waals surface area contributed by atoms with Crippen LogP contribution in [0.1, 0.15) is 108 Å². The zero-order valence-corrected chi connectivity index (χ0v) is 40.5. The van der Waals surface area contributed by atoms with Crippen molar-refractivity contribution in [1.29, 1.82) is 0 Å². The number of hydrogen-bond donors (Lipinski definition) is 4. The fourth-order valence-electron chi connectivity index (χ4n) is 11.0. The Bertz CT molecular complexity index is 2330. The second-order valence-corrected chi connectivity index (χ2v) is 20.0. The van der Waals surface area contributed by atoms with E-state index in [-0.39, 0.29) is 108 Å². The first kappa shape index (κ1) is 50.9. The Morgan fingerprint density at radius 1 is 0.914 bits per heavy atom. The number of pyridine rings is 1. The number of alkyl halides is 3. The van der Waals surface area contributed by atoms with Gasteiger partial charge in [-0.3, -0.25) is 29.0 Å². The van der Waals surface area contributed by atoms with Gasteiger partial charge in [-0.1, -0.05) is 6.07 Å². The SMILES string of the molecule is CC(C)N(C)[C@@H]1CC[C@H](N2CC[C@@H](Nc3ncnc4ccc(C(F)(F)F)cc34)C2=O)[C@H](NC(=O)C2CC(NC(=O)CCOC3CCC(OCCNC(=O)[C@H]4CC(=O)N(C)[C@@H]4c4cccnc4)CC3)C2)C1. The summed E-state index contributed by atoms with van der Waals surface area (Å²) < 4.78 is 52.9. The van der Waals surface area contributed by atoms with Crippen LogP contribution < -0.4 is 21.3 Å². The maximum atomic E-state index is 14.0. The number of nitrogens with zero attached hydrogens (tertiary/aromatic N) is 6. The number of likely N-dealkylation sites (tertiary alicyclic amines) is 2. The molecular weight excluding hydrogens is 910 g/mol. The largest absolute Gasteiger partial charge is 0.416 e. The Morgan fingerprint density at radius 3 is 2.36 bits per heavy atom. The van der Waals surface area contributed by atoms with Crippen molar-refractivity contribution in [3.63, 3.8) is 0 Å². The third-order valence-corrected chi connectivity index (χ3v) is 15.3. The van der Waals surface area contributed by atoms with Crippen molar-refractivity contribution >= 4 is 46.3 Å². The average Bonchev–Trinajstić information content (AvgIpc) is 3.84. The van der Waals surface area contributed by atoms with Crippen LogP contribution in [0.2, 0.25) is 0 Å². The standard InChI is InChI=1S/C50H67F3N10O7/c1-29(2)61(3)34-8-14-42(63-19-15-40(49(63)68)59-46-37-24-32(50(51,52)53)7-13-39(37)56-28-57-46)41(25-34)60-47(66)31-22-33(23-31)58-43(64)16-20-69-35-9-11-36(12-10-35)70-21-18-55-48(67)38-26-44(65)62(4)45(38)30-6-5-17-54-27-30/h5-7,13,17,24,27-29,31,33-36,38,40-42,45H,8-12,14-16,18-23,25-26H2,1-4H3,(H,55,67)(H,58,64)(H,60,66)(H,56,57,59)/t31?,33?,34-,35?,36?,38+,40-,41-,42+,45-/m1/s1. The first-order valence-corrected chi connectivity index (χ1v) is 24.9. The first-order chi connectivity index (χ1) is 33.5. The minimum atomic E-state index is -4.55. The number of carbonyl (C=O) groups is 5.